The first-order chi connectivity index (χ1) is 9.81. The van der Waals surface area contributed by atoms with Gasteiger partial charge in [-0.05, 0) is 41.0 Å². The summed E-state index contributed by atoms with van der Waals surface area (Å²) in [5.41, 5.74) is 2.23. The van der Waals surface area contributed by atoms with E-state index in [2.05, 4.69) is 39.2 Å². The van der Waals surface area contributed by atoms with Gasteiger partial charge in [0.15, 0.2) is 0 Å². The second-order valence-corrected chi connectivity index (χ2v) is 5.41. The first kappa shape index (κ1) is 15.0. The minimum atomic E-state index is 0.525. The number of benzene rings is 1. The lowest BCUT2D eigenvalue weighted by atomic mass is 10.2. The van der Waals surface area contributed by atoms with Gasteiger partial charge in [-0.3, -0.25) is 4.98 Å². The van der Waals surface area contributed by atoms with E-state index in [4.69, 9.17) is 4.74 Å². The predicted molar refractivity (Wildman–Crippen MR) is 84.7 cm³/mol. The molecule has 20 heavy (non-hydrogen) atoms. The molecule has 0 fully saturated rings. The summed E-state index contributed by atoms with van der Waals surface area (Å²) >= 11 is 3.56. The molecule has 0 atom stereocenters. The highest BCUT2D eigenvalue weighted by molar-refractivity contribution is 9.10. The van der Waals surface area contributed by atoms with Crippen molar-refractivity contribution in [2.45, 2.75) is 26.5 Å². The second kappa shape index (κ2) is 8.02. The first-order valence-corrected chi connectivity index (χ1v) is 7.60. The van der Waals surface area contributed by atoms with Crippen molar-refractivity contribution in [2.24, 2.45) is 0 Å². The summed E-state index contributed by atoms with van der Waals surface area (Å²) in [5.74, 6) is 0.903. The number of rotatable bonds is 7. The van der Waals surface area contributed by atoms with Crippen molar-refractivity contribution in [1.82, 2.24) is 10.3 Å². The molecule has 0 unspecified atom stereocenters. The van der Waals surface area contributed by atoms with Crippen LogP contribution in [-0.4, -0.2) is 11.5 Å². The summed E-state index contributed by atoms with van der Waals surface area (Å²) in [6, 6.07) is 10.1. The highest BCUT2D eigenvalue weighted by Gasteiger charge is 2.08. The van der Waals surface area contributed by atoms with Gasteiger partial charge in [-0.1, -0.05) is 25.1 Å². The van der Waals surface area contributed by atoms with E-state index in [0.29, 0.717) is 6.61 Å². The number of pyridine rings is 1. The Hall–Kier alpha value is -1.39. The number of nitrogens with zero attached hydrogens (tertiary/aromatic N) is 1. The molecule has 3 nitrogen and oxygen atoms in total. The van der Waals surface area contributed by atoms with Gasteiger partial charge in [-0.2, -0.15) is 0 Å². The summed E-state index contributed by atoms with van der Waals surface area (Å²) in [5, 5.41) is 3.40. The number of hydrogen-bond donors (Lipinski definition) is 1. The first-order valence-electron chi connectivity index (χ1n) is 6.81. The van der Waals surface area contributed by atoms with E-state index in [-0.39, 0.29) is 0 Å². The fourth-order valence-electron chi connectivity index (χ4n) is 1.89. The van der Waals surface area contributed by atoms with E-state index >= 15 is 0 Å². The smallest absolute Gasteiger partial charge is 0.138 e. The monoisotopic (exact) mass is 334 g/mol. The Morgan fingerprint density at radius 3 is 2.90 bits per heavy atom. The lowest BCUT2D eigenvalue weighted by Gasteiger charge is -2.14. The third-order valence-corrected chi connectivity index (χ3v) is 3.52. The maximum Gasteiger partial charge on any atom is 0.138 e. The van der Waals surface area contributed by atoms with Crippen LogP contribution in [0, 0.1) is 0 Å². The van der Waals surface area contributed by atoms with E-state index in [9.17, 15) is 0 Å². The van der Waals surface area contributed by atoms with Gasteiger partial charge < -0.3 is 10.1 Å². The third-order valence-electron chi connectivity index (χ3n) is 2.90. The Balaban J connectivity index is 2.05. The molecule has 106 valence electrons. The standard InChI is InChI=1S/C16H19BrN2O/c1-2-8-18-11-14-6-3-7-15(17)16(14)20-12-13-5-4-9-19-10-13/h3-7,9-10,18H,2,8,11-12H2,1H3. The van der Waals surface area contributed by atoms with Gasteiger partial charge in [0.05, 0.1) is 4.47 Å². The Labute approximate surface area is 128 Å². The van der Waals surface area contributed by atoms with Crippen molar-refractivity contribution in [1.29, 1.82) is 0 Å². The van der Waals surface area contributed by atoms with Crippen LogP contribution in [0.15, 0.2) is 47.2 Å². The summed E-state index contributed by atoms with van der Waals surface area (Å²) in [6.45, 7) is 4.51. The second-order valence-electron chi connectivity index (χ2n) is 4.55. The number of nitrogens with one attached hydrogen (secondary N) is 1. The molecule has 2 aromatic rings. The van der Waals surface area contributed by atoms with Crippen LogP contribution in [0.1, 0.15) is 24.5 Å². The van der Waals surface area contributed by atoms with Gasteiger partial charge in [0.1, 0.15) is 12.4 Å². The predicted octanol–water partition coefficient (Wildman–Crippen LogP) is 3.92. The highest BCUT2D eigenvalue weighted by Crippen LogP contribution is 2.29. The highest BCUT2D eigenvalue weighted by atomic mass is 79.9. The average molecular weight is 335 g/mol. The van der Waals surface area contributed by atoms with Gasteiger partial charge >= 0.3 is 0 Å². The maximum atomic E-state index is 5.96. The van der Waals surface area contributed by atoms with E-state index < -0.39 is 0 Å². The normalized spacial score (nSPS) is 10.5. The molecular weight excluding hydrogens is 316 g/mol. The Kier molecular flexibility index (Phi) is 6.02. The molecule has 0 radical (unpaired) electrons. The number of aromatic nitrogens is 1. The van der Waals surface area contributed by atoms with E-state index in [0.717, 1.165) is 40.9 Å². The molecule has 0 bridgehead atoms. The molecule has 4 heteroatoms. The molecule has 1 N–H and O–H groups in total. The van der Waals surface area contributed by atoms with Gasteiger partial charge in [0, 0.05) is 30.1 Å². The summed E-state index contributed by atoms with van der Waals surface area (Å²) in [7, 11) is 0. The van der Waals surface area contributed by atoms with Crippen LogP contribution in [0.2, 0.25) is 0 Å². The molecule has 0 spiro atoms. The van der Waals surface area contributed by atoms with Crippen molar-refractivity contribution in [3.05, 3.63) is 58.3 Å². The van der Waals surface area contributed by atoms with E-state index in [1.807, 2.05) is 30.5 Å². The minimum absolute atomic E-state index is 0.525. The summed E-state index contributed by atoms with van der Waals surface area (Å²) in [6.07, 6.45) is 4.72. The number of hydrogen-bond acceptors (Lipinski definition) is 3. The fourth-order valence-corrected chi connectivity index (χ4v) is 2.41. The van der Waals surface area contributed by atoms with Crippen LogP contribution in [-0.2, 0) is 13.2 Å². The molecule has 0 saturated carbocycles. The van der Waals surface area contributed by atoms with Crippen molar-refractivity contribution in [3.8, 4) is 5.75 Å². The molecule has 1 aromatic carbocycles. The van der Waals surface area contributed by atoms with Crippen LogP contribution < -0.4 is 10.1 Å². The zero-order valence-electron chi connectivity index (χ0n) is 11.6. The Morgan fingerprint density at radius 1 is 1.25 bits per heavy atom. The van der Waals surface area contributed by atoms with Crippen molar-refractivity contribution >= 4 is 15.9 Å². The molecule has 0 saturated heterocycles. The van der Waals surface area contributed by atoms with Crippen LogP contribution in [0.4, 0.5) is 0 Å². The van der Waals surface area contributed by atoms with Crippen LogP contribution in [0.5, 0.6) is 5.75 Å². The topological polar surface area (TPSA) is 34.1 Å². The maximum absolute atomic E-state index is 5.96. The van der Waals surface area contributed by atoms with Crippen molar-refractivity contribution < 1.29 is 4.74 Å². The van der Waals surface area contributed by atoms with Gasteiger partial charge in [-0.25, -0.2) is 0 Å². The molecule has 0 aliphatic heterocycles. The SMILES string of the molecule is CCCNCc1cccc(Br)c1OCc1cccnc1. The minimum Gasteiger partial charge on any atom is -0.487 e. The number of para-hydroxylation sites is 1. The lowest BCUT2D eigenvalue weighted by molar-refractivity contribution is 0.299. The largest absolute Gasteiger partial charge is 0.487 e. The number of halogens is 1. The quantitative estimate of drug-likeness (QED) is 0.779. The van der Waals surface area contributed by atoms with Crippen molar-refractivity contribution in [2.75, 3.05) is 6.54 Å². The van der Waals surface area contributed by atoms with E-state index in [1.165, 1.54) is 0 Å². The fraction of sp³-hybridized carbons (Fsp3) is 0.312. The summed E-state index contributed by atoms with van der Waals surface area (Å²) < 4.78 is 6.94. The molecule has 0 aliphatic carbocycles. The molecule has 0 amide bonds. The lowest BCUT2D eigenvalue weighted by Crippen LogP contribution is -2.14. The van der Waals surface area contributed by atoms with Gasteiger partial charge in [0.2, 0.25) is 0 Å². The zero-order valence-corrected chi connectivity index (χ0v) is 13.2. The molecular formula is C16H19BrN2O. The molecule has 1 heterocycles. The average Bonchev–Trinajstić information content (AvgIpc) is 2.48. The van der Waals surface area contributed by atoms with E-state index in [1.54, 1.807) is 6.20 Å². The molecule has 1 aromatic heterocycles. The molecule has 0 aliphatic rings. The van der Waals surface area contributed by atoms with Crippen molar-refractivity contribution in [3.63, 3.8) is 0 Å². The van der Waals surface area contributed by atoms with Crippen LogP contribution in [0.25, 0.3) is 0 Å². The molecule has 2 rings (SSSR count). The third kappa shape index (κ3) is 4.32. The van der Waals surface area contributed by atoms with Gasteiger partial charge in [-0.15, -0.1) is 0 Å². The van der Waals surface area contributed by atoms with Crippen LogP contribution in [0.3, 0.4) is 0 Å². The van der Waals surface area contributed by atoms with Crippen LogP contribution >= 0.6 is 15.9 Å². The van der Waals surface area contributed by atoms with Gasteiger partial charge in [0.25, 0.3) is 0 Å². The number of ether oxygens (including phenoxy) is 1. The Morgan fingerprint density at radius 2 is 2.15 bits per heavy atom. The Bertz CT molecular complexity index is 531. The zero-order chi connectivity index (χ0) is 14.2. The summed E-state index contributed by atoms with van der Waals surface area (Å²) in [4.78, 5) is 4.10.